The maximum Gasteiger partial charge on any atom is -0.0279 e. The van der Waals surface area contributed by atoms with Crippen LogP contribution in [0.1, 0.15) is 36.5 Å². The van der Waals surface area contributed by atoms with E-state index in [-0.39, 0.29) is 6.19 Å². The second-order valence-electron chi connectivity index (χ2n) is 9.51. The van der Waals surface area contributed by atoms with Crippen molar-refractivity contribution in [1.82, 2.24) is 0 Å². The van der Waals surface area contributed by atoms with Crippen molar-refractivity contribution in [3.05, 3.63) is 108 Å². The minimum atomic E-state index is -1.42. The first kappa shape index (κ1) is 28.0. The molecule has 0 saturated carbocycles. The van der Waals surface area contributed by atoms with Gasteiger partial charge in [-0.3, -0.25) is 0 Å². The Balaban J connectivity index is 0.000000162. The number of aryl methyl sites for hydroxylation is 2. The Morgan fingerprint density at radius 3 is 1.77 bits per heavy atom. The molecule has 0 saturated heterocycles. The monoisotopic (exact) mass is 552 g/mol. The van der Waals surface area contributed by atoms with Gasteiger partial charge in [0.1, 0.15) is 0 Å². The van der Waals surface area contributed by atoms with Crippen LogP contribution in [0.15, 0.2) is 91.0 Å². The fraction of sp³-hybridized carbons (Fsp3) is 0.226. The molecule has 5 aromatic carbocycles. The molecule has 0 radical (unpaired) electrons. The van der Waals surface area contributed by atoms with Gasteiger partial charge in [0, 0.05) is 0 Å². The van der Waals surface area contributed by atoms with E-state index in [1.807, 2.05) is 0 Å². The van der Waals surface area contributed by atoms with E-state index in [1.165, 1.54) is 49.4 Å². The van der Waals surface area contributed by atoms with Crippen LogP contribution >= 0.6 is 18.6 Å². The van der Waals surface area contributed by atoms with E-state index in [4.69, 9.17) is 18.6 Å². The van der Waals surface area contributed by atoms with Crippen LogP contribution in [0.3, 0.4) is 0 Å². The molecule has 0 bridgehead atoms. The SMILES string of the molecule is C[Si](C)=[Ti]([Cl])[Cl].Cc1cc2c(-c3ccccc3)cccc2[cH-]1.Cc1cc2c(C(C)C)cccc2[cH-]1. The molecular weight excluding hydrogens is 519 g/mol. The Hall–Kier alpha value is -1.61. The van der Waals surface area contributed by atoms with Gasteiger partial charge in [-0.2, -0.15) is 12.1 Å². The van der Waals surface area contributed by atoms with Gasteiger partial charge in [0.25, 0.3) is 0 Å². The average molecular weight is 553 g/mol. The van der Waals surface area contributed by atoms with Gasteiger partial charge in [-0.25, -0.2) is 0 Å². The molecule has 0 amide bonds. The number of benzene rings is 3. The predicted molar refractivity (Wildman–Crippen MR) is 157 cm³/mol. The quantitative estimate of drug-likeness (QED) is 0.151. The van der Waals surface area contributed by atoms with E-state index in [0.717, 1.165) is 0 Å². The molecule has 0 spiro atoms. The molecule has 0 aliphatic heterocycles. The van der Waals surface area contributed by atoms with Crippen LogP contribution in [0, 0.1) is 13.8 Å². The summed E-state index contributed by atoms with van der Waals surface area (Å²) in [6.07, 6.45) is -0.254. The molecule has 0 N–H and O–H groups in total. The van der Waals surface area contributed by atoms with Crippen LogP contribution in [0.5, 0.6) is 0 Å². The third kappa shape index (κ3) is 7.69. The third-order valence-corrected chi connectivity index (χ3v) is 19.6. The normalized spacial score (nSPS) is 10.5. The predicted octanol–water partition coefficient (Wildman–Crippen LogP) is 10.7. The number of rotatable bonds is 2. The Bertz CT molecular complexity index is 1410. The zero-order valence-electron chi connectivity index (χ0n) is 21.5. The van der Waals surface area contributed by atoms with Crippen LogP contribution < -0.4 is 0 Å². The molecular formula is C31H34Cl2SiTi-2. The van der Waals surface area contributed by atoms with Crippen LogP contribution in [0.2, 0.25) is 13.1 Å². The number of hydrogen-bond acceptors (Lipinski definition) is 0. The van der Waals surface area contributed by atoms with Gasteiger partial charge < -0.3 is 0 Å². The molecule has 0 atom stereocenters. The molecule has 4 heteroatoms. The van der Waals surface area contributed by atoms with Gasteiger partial charge in [0.05, 0.1) is 0 Å². The van der Waals surface area contributed by atoms with Crippen molar-refractivity contribution in [2.75, 3.05) is 0 Å². The Morgan fingerprint density at radius 1 is 0.714 bits per heavy atom. The van der Waals surface area contributed by atoms with Gasteiger partial charge in [-0.15, -0.1) is 69.1 Å². The van der Waals surface area contributed by atoms with Crippen molar-refractivity contribution >= 4 is 46.3 Å². The van der Waals surface area contributed by atoms with Crippen LogP contribution in [-0.4, -0.2) is 6.19 Å². The maximum atomic E-state index is 5.59. The van der Waals surface area contributed by atoms with Crippen molar-refractivity contribution in [3.63, 3.8) is 0 Å². The van der Waals surface area contributed by atoms with Crippen LogP contribution in [0.25, 0.3) is 32.7 Å². The summed E-state index contributed by atoms with van der Waals surface area (Å²) >= 11 is -1.42. The van der Waals surface area contributed by atoms with Crippen molar-refractivity contribution in [2.24, 2.45) is 0 Å². The summed E-state index contributed by atoms with van der Waals surface area (Å²) in [6, 6.07) is 32.7. The minimum absolute atomic E-state index is 0.254. The third-order valence-electron chi connectivity index (χ3n) is 5.91. The molecule has 0 aromatic heterocycles. The summed E-state index contributed by atoms with van der Waals surface area (Å²) in [5.74, 6) is 0.616. The second-order valence-corrected chi connectivity index (χ2v) is 25.6. The van der Waals surface area contributed by atoms with Crippen LogP contribution in [0.4, 0.5) is 0 Å². The summed E-state index contributed by atoms with van der Waals surface area (Å²) in [7, 11) is 11.2. The first-order valence-corrected chi connectivity index (χ1v) is 21.2. The Morgan fingerprint density at radius 2 is 1.23 bits per heavy atom. The average Bonchev–Trinajstić information content (AvgIpc) is 3.40. The zero-order chi connectivity index (χ0) is 25.5. The minimum Gasteiger partial charge on any atom is -0.165 e. The van der Waals surface area contributed by atoms with Gasteiger partial charge in [-0.1, -0.05) is 81.3 Å². The molecule has 182 valence electrons. The smallest absolute Gasteiger partial charge is 0.0279 e. The summed E-state index contributed by atoms with van der Waals surface area (Å²) in [5.41, 5.74) is 6.77. The molecule has 0 nitrogen and oxygen atoms in total. The van der Waals surface area contributed by atoms with Gasteiger partial charge >= 0.3 is 52.4 Å². The summed E-state index contributed by atoms with van der Waals surface area (Å²) in [4.78, 5) is 0. The van der Waals surface area contributed by atoms with E-state index in [0.29, 0.717) is 5.92 Å². The fourth-order valence-corrected chi connectivity index (χ4v) is 4.17. The summed E-state index contributed by atoms with van der Waals surface area (Å²) in [6.45, 7) is 13.1. The molecule has 35 heavy (non-hydrogen) atoms. The van der Waals surface area contributed by atoms with Crippen molar-refractivity contribution in [1.29, 1.82) is 0 Å². The maximum absolute atomic E-state index is 5.59. The first-order valence-electron chi connectivity index (χ1n) is 12.0. The van der Waals surface area contributed by atoms with E-state index < -0.39 is 14.5 Å². The van der Waals surface area contributed by atoms with Gasteiger partial charge in [0.2, 0.25) is 0 Å². The number of hydrogen-bond donors (Lipinski definition) is 0. The van der Waals surface area contributed by atoms with Crippen LogP contribution in [-0.2, 0) is 14.5 Å². The van der Waals surface area contributed by atoms with Gasteiger partial charge in [0.15, 0.2) is 0 Å². The summed E-state index contributed by atoms with van der Waals surface area (Å²) < 4.78 is 0. The van der Waals surface area contributed by atoms with Crippen molar-refractivity contribution < 1.29 is 14.5 Å². The number of halogens is 2. The van der Waals surface area contributed by atoms with Crippen molar-refractivity contribution in [3.8, 4) is 11.1 Å². The summed E-state index contributed by atoms with van der Waals surface area (Å²) in [5, 5.41) is 5.49. The van der Waals surface area contributed by atoms with E-state index in [9.17, 15) is 0 Å². The largest absolute Gasteiger partial charge is 0.165 e. The number of fused-ring (bicyclic) bond motifs is 2. The molecule has 0 unspecified atom stereocenters. The van der Waals surface area contributed by atoms with Gasteiger partial charge in [-0.05, 0) is 11.5 Å². The Kier molecular flexibility index (Phi) is 10.5. The molecule has 0 heterocycles. The van der Waals surface area contributed by atoms with E-state index in [2.05, 4.69) is 132 Å². The van der Waals surface area contributed by atoms with E-state index in [1.54, 1.807) is 0 Å². The molecule has 0 aliphatic rings. The zero-order valence-corrected chi connectivity index (χ0v) is 25.6. The first-order chi connectivity index (χ1) is 16.7. The van der Waals surface area contributed by atoms with E-state index >= 15 is 0 Å². The standard InChI is InChI=1S/C16H13.C13H15.C2H6Si.2ClH.Ti/c1-12-10-14-8-5-9-15(16(14)11-12)13-6-3-2-4-7-13;1-9(2)12-6-4-5-11-7-10(3)8-13(11)12;1-3-2;;;/h2-11H,1H3;4-9H,1-3H3;1-2H3;2*1H;/q2*-1;;;;+2/p-2. The molecule has 5 aromatic rings. The Labute approximate surface area is 225 Å². The van der Waals surface area contributed by atoms with Crippen molar-refractivity contribution in [2.45, 2.75) is 46.7 Å². The topological polar surface area (TPSA) is 0 Å². The molecule has 0 aliphatic carbocycles. The molecule has 5 rings (SSSR count). The molecule has 0 fully saturated rings. The second kappa shape index (κ2) is 13.1. The fourth-order valence-electron chi connectivity index (χ4n) is 4.17.